The third-order valence-corrected chi connectivity index (χ3v) is 1.40. The molecule has 0 amide bonds. The molecular weight excluding hydrogens is 182 g/mol. The normalized spacial score (nSPS) is 22.9. The fraction of sp³-hybridized carbons (Fsp3) is 0.300. The van der Waals surface area contributed by atoms with Crippen LogP contribution < -0.4 is 5.73 Å². The second-order valence-electron chi connectivity index (χ2n) is 2.45. The molecule has 0 saturated carbocycles. The summed E-state index contributed by atoms with van der Waals surface area (Å²) in [6, 6.07) is -5.94. The Kier molecular flexibility index (Phi) is 1.50. The number of rotatable bonds is 4. The van der Waals surface area contributed by atoms with Crippen molar-refractivity contribution in [3.05, 3.63) is 35.8 Å². The molecule has 0 saturated heterocycles. The van der Waals surface area contributed by atoms with E-state index in [4.69, 9.17) is 20.4 Å². The summed E-state index contributed by atoms with van der Waals surface area (Å²) in [6.07, 6.45) is -5.14. The molecule has 14 heavy (non-hydrogen) atoms. The van der Waals surface area contributed by atoms with E-state index in [1.54, 1.807) is 0 Å². The van der Waals surface area contributed by atoms with Gasteiger partial charge in [-0.1, -0.05) is 30.2 Å². The van der Waals surface area contributed by atoms with Crippen LogP contribution in [0.1, 0.15) is 15.2 Å². The number of carboxylic acids is 1. The van der Waals surface area contributed by atoms with Crippen molar-refractivity contribution in [1.29, 1.82) is 0 Å². The highest BCUT2D eigenvalue weighted by Crippen LogP contribution is 2.04. The summed E-state index contributed by atoms with van der Waals surface area (Å²) in [4.78, 5) is 10.7. The third kappa shape index (κ3) is 2.83. The van der Waals surface area contributed by atoms with Crippen molar-refractivity contribution in [2.24, 2.45) is 5.73 Å². The molecular formula is C10H13NO3. The Hall–Kier alpha value is -1.39. The van der Waals surface area contributed by atoms with Crippen molar-refractivity contribution in [3.63, 3.8) is 0 Å². The maximum Gasteiger partial charge on any atom is 0.334 e. The van der Waals surface area contributed by atoms with Crippen LogP contribution in [0, 0.1) is 0 Å². The fourth-order valence-electron chi connectivity index (χ4n) is 0.721. The predicted octanol–water partition coefficient (Wildman–Crippen LogP) is 0.00190. The van der Waals surface area contributed by atoms with Crippen molar-refractivity contribution in [2.75, 3.05) is 0 Å². The number of aliphatic hydroxyl groups excluding tert-OH is 1. The summed E-state index contributed by atoms with van der Waals surface area (Å²) in [5.41, 5.74) is 4.57. The Morgan fingerprint density at radius 2 is 2.14 bits per heavy atom. The molecule has 0 fully saturated rings. The summed E-state index contributed by atoms with van der Waals surface area (Å²) >= 11 is 0. The number of carbonyl (C=O) groups is 1. The summed E-state index contributed by atoms with van der Waals surface area (Å²) in [5, 5.41) is 18.0. The number of carboxylic acid groups (broad SMARTS) is 1. The highest BCUT2D eigenvalue weighted by Gasteiger charge is 2.21. The van der Waals surface area contributed by atoms with E-state index in [2.05, 4.69) is 0 Å². The first-order chi connectivity index (χ1) is 9.44. The lowest BCUT2D eigenvalue weighted by Gasteiger charge is -2.14. The van der Waals surface area contributed by atoms with Gasteiger partial charge < -0.3 is 15.9 Å². The Labute approximate surface area is 91.8 Å². The number of aliphatic carboxylic acids is 1. The zero-order valence-corrected chi connectivity index (χ0v) is 7.03. The van der Waals surface area contributed by atoms with Gasteiger partial charge in [0, 0.05) is 8.78 Å². The van der Waals surface area contributed by atoms with Crippen molar-refractivity contribution in [3.8, 4) is 0 Å². The lowest BCUT2D eigenvalue weighted by Crippen LogP contribution is -2.41. The molecule has 4 nitrogen and oxygen atoms in total. The van der Waals surface area contributed by atoms with Gasteiger partial charge in [0.2, 0.25) is 0 Å². The first-order valence-electron chi connectivity index (χ1n) is 7.18. The van der Waals surface area contributed by atoms with E-state index in [1.807, 2.05) is 0 Å². The number of nitrogens with two attached hydrogens (primary N) is 1. The van der Waals surface area contributed by atoms with Crippen molar-refractivity contribution >= 4 is 5.97 Å². The van der Waals surface area contributed by atoms with E-state index in [-0.39, 0.29) is 0 Å². The van der Waals surface area contributed by atoms with Gasteiger partial charge in [-0.25, -0.2) is 4.79 Å². The molecule has 1 rings (SSSR count). The number of hydrogen-bond acceptors (Lipinski definition) is 3. The first-order valence-corrected chi connectivity index (χ1v) is 3.68. The number of aliphatic hydroxyl groups is 1. The topological polar surface area (TPSA) is 83.5 Å². The molecule has 0 aliphatic heterocycles. The zero-order valence-electron chi connectivity index (χ0n) is 14.0. The molecule has 0 heterocycles. The molecule has 0 radical (unpaired) electrons. The molecule has 0 aliphatic carbocycles. The molecule has 1 aromatic carbocycles. The summed E-state index contributed by atoms with van der Waals surface area (Å²) in [7, 11) is 0. The third-order valence-electron chi connectivity index (χ3n) is 1.40. The van der Waals surface area contributed by atoms with Crippen molar-refractivity contribution < 1.29 is 24.6 Å². The van der Waals surface area contributed by atoms with Crippen LogP contribution in [0.3, 0.4) is 0 Å². The SMILES string of the molecule is [2H]c1c([2H])c([2H])c(C([2H])([2H])[C@@H](N)[C@H](O)C(=O)O)c([2H])c1[2H]. The van der Waals surface area contributed by atoms with Crippen LogP contribution in [-0.4, -0.2) is 28.3 Å². The molecule has 0 aliphatic rings. The highest BCUT2D eigenvalue weighted by atomic mass is 16.4. The van der Waals surface area contributed by atoms with Gasteiger partial charge >= 0.3 is 5.97 Å². The van der Waals surface area contributed by atoms with Crippen LogP contribution in [0.4, 0.5) is 0 Å². The van der Waals surface area contributed by atoms with E-state index in [0.717, 1.165) is 0 Å². The standard InChI is InChI=1S/C10H13NO3/c11-8(9(12)10(13)14)6-7-4-2-1-3-5-7/h1-5,8-9,12H,6,11H2,(H,13,14)/t8-,9+/m1/s1/i1D,2D,3D,4D,5D,6D2. The maximum atomic E-state index is 10.7. The predicted molar refractivity (Wildman–Crippen MR) is 51.8 cm³/mol. The molecule has 0 bridgehead atoms. The van der Waals surface area contributed by atoms with E-state index in [1.165, 1.54) is 0 Å². The zero-order chi connectivity index (χ0) is 16.7. The molecule has 0 unspecified atom stereocenters. The van der Waals surface area contributed by atoms with Crippen LogP contribution >= 0.6 is 0 Å². The molecule has 0 aromatic heterocycles. The largest absolute Gasteiger partial charge is 0.479 e. The van der Waals surface area contributed by atoms with Crippen molar-refractivity contribution in [2.45, 2.75) is 18.5 Å². The average Bonchev–Trinajstić information content (AvgIpc) is 2.41. The van der Waals surface area contributed by atoms with Gasteiger partial charge in [0.05, 0.1) is 6.85 Å². The van der Waals surface area contributed by atoms with Crippen LogP contribution in [0.5, 0.6) is 0 Å². The smallest absolute Gasteiger partial charge is 0.334 e. The van der Waals surface area contributed by atoms with E-state index >= 15 is 0 Å². The summed E-state index contributed by atoms with van der Waals surface area (Å²) in [5.74, 6) is -1.78. The molecule has 2 atom stereocenters. The molecule has 4 heteroatoms. The van der Waals surface area contributed by atoms with Gasteiger partial charge in [0.15, 0.2) is 6.10 Å². The fourth-order valence-corrected chi connectivity index (χ4v) is 0.721. The van der Waals surface area contributed by atoms with Gasteiger partial charge in [-0.05, 0) is 11.9 Å². The monoisotopic (exact) mass is 202 g/mol. The van der Waals surface area contributed by atoms with E-state index in [0.29, 0.717) is 0 Å². The second kappa shape index (κ2) is 4.74. The van der Waals surface area contributed by atoms with Gasteiger partial charge in [0.25, 0.3) is 0 Å². The van der Waals surface area contributed by atoms with Crippen LogP contribution in [0.15, 0.2) is 30.2 Å². The Bertz CT molecular complexity index is 563. The van der Waals surface area contributed by atoms with Crippen LogP contribution in [-0.2, 0) is 11.2 Å². The molecule has 0 spiro atoms. The lowest BCUT2D eigenvalue weighted by molar-refractivity contribution is -0.147. The Morgan fingerprint density at radius 3 is 2.64 bits per heavy atom. The summed E-state index contributed by atoms with van der Waals surface area (Å²) in [6.45, 7) is 0. The first kappa shape index (κ1) is 4.42. The van der Waals surface area contributed by atoms with Gasteiger partial charge in [0.1, 0.15) is 0 Å². The Morgan fingerprint density at radius 1 is 1.57 bits per heavy atom. The minimum absolute atomic E-state index is 0.711. The van der Waals surface area contributed by atoms with E-state index in [9.17, 15) is 9.90 Å². The Balaban J connectivity index is 3.55. The van der Waals surface area contributed by atoms with Gasteiger partial charge in [-0.15, -0.1) is 0 Å². The number of benzene rings is 1. The highest BCUT2D eigenvalue weighted by molar-refractivity contribution is 5.72. The molecule has 1 aromatic rings. The van der Waals surface area contributed by atoms with Crippen LogP contribution in [0.2, 0.25) is 0 Å². The van der Waals surface area contributed by atoms with Gasteiger partial charge in [-0.2, -0.15) is 0 Å². The second-order valence-corrected chi connectivity index (χ2v) is 2.45. The van der Waals surface area contributed by atoms with Crippen molar-refractivity contribution in [1.82, 2.24) is 0 Å². The number of hydrogen-bond donors (Lipinski definition) is 3. The quantitative estimate of drug-likeness (QED) is 0.642. The minimum Gasteiger partial charge on any atom is -0.479 e. The molecule has 76 valence electrons. The summed E-state index contributed by atoms with van der Waals surface area (Å²) < 4.78 is 53.2. The van der Waals surface area contributed by atoms with Gasteiger partial charge in [-0.3, -0.25) is 0 Å². The van der Waals surface area contributed by atoms with Crippen LogP contribution in [0.25, 0.3) is 0 Å². The van der Waals surface area contributed by atoms with E-state index < -0.39 is 60.3 Å². The minimum atomic E-state index is -2.84. The average molecular weight is 202 g/mol. The molecule has 4 N–H and O–H groups in total. The lowest BCUT2D eigenvalue weighted by atomic mass is 10.0. The maximum absolute atomic E-state index is 10.7.